The zero-order valence-electron chi connectivity index (χ0n) is 12.2. The van der Waals surface area contributed by atoms with E-state index in [1.165, 1.54) is 5.56 Å². The first-order valence-corrected chi connectivity index (χ1v) is 8.63. The average molecular weight is 295 g/mol. The number of carbonyl (C=O) groups is 1. The molecule has 110 valence electrons. The first kappa shape index (κ1) is 15.0. The number of sulfone groups is 1. The van der Waals surface area contributed by atoms with Gasteiger partial charge in [-0.2, -0.15) is 0 Å². The molecule has 1 amide bonds. The number of benzene rings is 1. The number of aryl methyl sites for hydroxylation is 2. The van der Waals surface area contributed by atoms with Crippen LogP contribution in [0, 0.1) is 13.8 Å². The normalized spacial score (nSPS) is 20.9. The highest BCUT2D eigenvalue weighted by Crippen LogP contribution is 2.18. The number of hydrogen-bond acceptors (Lipinski definition) is 3. The van der Waals surface area contributed by atoms with Crippen molar-refractivity contribution in [1.82, 2.24) is 4.90 Å². The standard InChI is InChI=1S/C15H21NO3S/c1-11-4-5-13(12(2)8-11)9-15(17)16(3)14-6-7-20(18,19)10-14/h4-5,8,14H,6-7,9-10H2,1-3H3. The summed E-state index contributed by atoms with van der Waals surface area (Å²) < 4.78 is 23.0. The van der Waals surface area contributed by atoms with Gasteiger partial charge in [0.1, 0.15) is 0 Å². The predicted octanol–water partition coefficient (Wildman–Crippen LogP) is 1.49. The molecule has 1 heterocycles. The fourth-order valence-electron chi connectivity index (χ4n) is 2.62. The Balaban J connectivity index is 2.05. The second-order valence-electron chi connectivity index (χ2n) is 5.67. The minimum Gasteiger partial charge on any atom is -0.341 e. The van der Waals surface area contributed by atoms with Gasteiger partial charge in [-0.1, -0.05) is 23.8 Å². The van der Waals surface area contributed by atoms with E-state index in [2.05, 4.69) is 6.07 Å². The highest BCUT2D eigenvalue weighted by Gasteiger charge is 2.32. The van der Waals surface area contributed by atoms with Gasteiger partial charge in [0.2, 0.25) is 5.91 Å². The van der Waals surface area contributed by atoms with Crippen molar-refractivity contribution in [2.45, 2.75) is 32.7 Å². The number of hydrogen-bond donors (Lipinski definition) is 0. The fourth-order valence-corrected chi connectivity index (χ4v) is 4.39. The molecule has 0 bridgehead atoms. The molecular weight excluding hydrogens is 274 g/mol. The van der Waals surface area contributed by atoms with E-state index in [4.69, 9.17) is 0 Å². The predicted molar refractivity (Wildman–Crippen MR) is 79.4 cm³/mol. The molecule has 1 atom stereocenters. The summed E-state index contributed by atoms with van der Waals surface area (Å²) in [6.45, 7) is 4.02. The van der Waals surface area contributed by atoms with Crippen LogP contribution in [0.3, 0.4) is 0 Å². The zero-order chi connectivity index (χ0) is 14.9. The lowest BCUT2D eigenvalue weighted by atomic mass is 10.0. The third-order valence-electron chi connectivity index (χ3n) is 3.99. The van der Waals surface area contributed by atoms with Crippen LogP contribution < -0.4 is 0 Å². The van der Waals surface area contributed by atoms with Crippen molar-refractivity contribution in [1.29, 1.82) is 0 Å². The average Bonchev–Trinajstić information content (AvgIpc) is 2.72. The molecule has 0 aliphatic carbocycles. The van der Waals surface area contributed by atoms with Gasteiger partial charge in [-0.15, -0.1) is 0 Å². The molecule has 0 spiro atoms. The Morgan fingerprint density at radius 2 is 2.05 bits per heavy atom. The third-order valence-corrected chi connectivity index (χ3v) is 5.74. The molecule has 0 saturated carbocycles. The van der Waals surface area contributed by atoms with Gasteiger partial charge in [-0.05, 0) is 31.4 Å². The van der Waals surface area contributed by atoms with Crippen molar-refractivity contribution in [3.05, 3.63) is 34.9 Å². The van der Waals surface area contributed by atoms with Crippen LogP contribution in [0.1, 0.15) is 23.1 Å². The van der Waals surface area contributed by atoms with Gasteiger partial charge in [-0.25, -0.2) is 8.42 Å². The van der Waals surface area contributed by atoms with E-state index < -0.39 is 9.84 Å². The first-order chi connectivity index (χ1) is 9.28. The SMILES string of the molecule is Cc1ccc(CC(=O)N(C)C2CCS(=O)(=O)C2)c(C)c1. The minimum absolute atomic E-state index is 0.0148. The Hall–Kier alpha value is -1.36. The van der Waals surface area contributed by atoms with Crippen molar-refractivity contribution in [2.24, 2.45) is 0 Å². The summed E-state index contributed by atoms with van der Waals surface area (Å²) in [4.78, 5) is 13.9. The molecule has 1 aliphatic rings. The van der Waals surface area contributed by atoms with Crippen LogP contribution in [0.5, 0.6) is 0 Å². The number of amides is 1. The number of rotatable bonds is 3. The summed E-state index contributed by atoms with van der Waals surface area (Å²) in [5.74, 6) is 0.278. The van der Waals surface area contributed by atoms with Crippen molar-refractivity contribution in [3.63, 3.8) is 0 Å². The summed E-state index contributed by atoms with van der Waals surface area (Å²) in [6, 6.07) is 5.86. The molecule has 1 aliphatic heterocycles. The maximum Gasteiger partial charge on any atom is 0.227 e. The maximum atomic E-state index is 12.3. The second-order valence-corrected chi connectivity index (χ2v) is 7.90. The number of likely N-dealkylation sites (N-methyl/N-ethyl adjacent to an activating group) is 1. The van der Waals surface area contributed by atoms with Gasteiger partial charge in [0, 0.05) is 13.1 Å². The molecule has 1 aromatic rings. The lowest BCUT2D eigenvalue weighted by Crippen LogP contribution is -2.38. The molecule has 0 radical (unpaired) electrons. The Bertz CT molecular complexity index is 622. The van der Waals surface area contributed by atoms with E-state index in [-0.39, 0.29) is 23.5 Å². The smallest absolute Gasteiger partial charge is 0.227 e. The molecular formula is C15H21NO3S. The van der Waals surface area contributed by atoms with E-state index in [9.17, 15) is 13.2 Å². The van der Waals surface area contributed by atoms with Gasteiger partial charge < -0.3 is 4.90 Å². The van der Waals surface area contributed by atoms with Crippen molar-refractivity contribution in [3.8, 4) is 0 Å². The van der Waals surface area contributed by atoms with Crippen LogP contribution >= 0.6 is 0 Å². The fraction of sp³-hybridized carbons (Fsp3) is 0.533. The Kier molecular flexibility index (Phi) is 4.18. The number of nitrogens with zero attached hydrogens (tertiary/aromatic N) is 1. The van der Waals surface area contributed by atoms with E-state index >= 15 is 0 Å². The largest absolute Gasteiger partial charge is 0.341 e. The zero-order valence-corrected chi connectivity index (χ0v) is 13.0. The van der Waals surface area contributed by atoms with Gasteiger partial charge in [-0.3, -0.25) is 4.79 Å². The third kappa shape index (κ3) is 3.39. The molecule has 1 unspecified atom stereocenters. The van der Waals surface area contributed by atoms with E-state index in [1.54, 1.807) is 11.9 Å². The molecule has 1 aromatic carbocycles. The molecule has 1 fully saturated rings. The molecule has 0 aromatic heterocycles. The molecule has 20 heavy (non-hydrogen) atoms. The van der Waals surface area contributed by atoms with Crippen LogP contribution in [0.25, 0.3) is 0 Å². The molecule has 0 N–H and O–H groups in total. The summed E-state index contributed by atoms with van der Waals surface area (Å²) in [6.07, 6.45) is 0.886. The monoisotopic (exact) mass is 295 g/mol. The summed E-state index contributed by atoms with van der Waals surface area (Å²) >= 11 is 0. The van der Waals surface area contributed by atoms with Crippen LogP contribution in [-0.2, 0) is 21.1 Å². The Labute approximate surface area is 120 Å². The highest BCUT2D eigenvalue weighted by molar-refractivity contribution is 7.91. The maximum absolute atomic E-state index is 12.3. The van der Waals surface area contributed by atoms with E-state index in [0.29, 0.717) is 12.8 Å². The topological polar surface area (TPSA) is 54.5 Å². The van der Waals surface area contributed by atoms with Gasteiger partial charge >= 0.3 is 0 Å². The highest BCUT2D eigenvalue weighted by atomic mass is 32.2. The molecule has 1 saturated heterocycles. The van der Waals surface area contributed by atoms with Crippen molar-refractivity contribution < 1.29 is 13.2 Å². The van der Waals surface area contributed by atoms with E-state index in [0.717, 1.165) is 11.1 Å². The van der Waals surface area contributed by atoms with Crippen molar-refractivity contribution >= 4 is 15.7 Å². The van der Waals surface area contributed by atoms with Crippen LogP contribution in [0.2, 0.25) is 0 Å². The Morgan fingerprint density at radius 3 is 2.60 bits per heavy atom. The van der Waals surface area contributed by atoms with Crippen LogP contribution in [0.4, 0.5) is 0 Å². The summed E-state index contributed by atoms with van der Waals surface area (Å²) in [7, 11) is -1.25. The lowest BCUT2D eigenvalue weighted by Gasteiger charge is -2.23. The minimum atomic E-state index is -2.95. The van der Waals surface area contributed by atoms with Gasteiger partial charge in [0.05, 0.1) is 17.9 Å². The van der Waals surface area contributed by atoms with Crippen molar-refractivity contribution in [2.75, 3.05) is 18.6 Å². The van der Waals surface area contributed by atoms with Gasteiger partial charge in [0.25, 0.3) is 0 Å². The Morgan fingerprint density at radius 1 is 1.35 bits per heavy atom. The van der Waals surface area contributed by atoms with Crippen LogP contribution in [-0.4, -0.2) is 43.8 Å². The quantitative estimate of drug-likeness (QED) is 0.849. The molecule has 2 rings (SSSR count). The number of carbonyl (C=O) groups excluding carboxylic acids is 1. The second kappa shape index (κ2) is 5.56. The molecule has 5 heteroatoms. The van der Waals surface area contributed by atoms with Crippen LogP contribution in [0.15, 0.2) is 18.2 Å². The summed E-state index contributed by atoms with van der Waals surface area (Å²) in [5, 5.41) is 0. The molecule has 4 nitrogen and oxygen atoms in total. The summed E-state index contributed by atoms with van der Waals surface area (Å²) in [5.41, 5.74) is 3.29. The van der Waals surface area contributed by atoms with E-state index in [1.807, 2.05) is 26.0 Å². The first-order valence-electron chi connectivity index (χ1n) is 6.81. The lowest BCUT2D eigenvalue weighted by molar-refractivity contribution is -0.130. The van der Waals surface area contributed by atoms with Gasteiger partial charge in [0.15, 0.2) is 9.84 Å².